The van der Waals surface area contributed by atoms with E-state index in [9.17, 15) is 0 Å². The van der Waals surface area contributed by atoms with Gasteiger partial charge in [0.15, 0.2) is 0 Å². The molecule has 0 amide bonds. The van der Waals surface area contributed by atoms with Crippen LogP contribution in [0.1, 0.15) is 166 Å². The molecule has 0 nitrogen and oxygen atoms in total. The second kappa shape index (κ2) is 17.9. The van der Waals surface area contributed by atoms with Crippen LogP contribution in [-0.2, 0) is 5.41 Å². The van der Waals surface area contributed by atoms with Gasteiger partial charge in [0.25, 0.3) is 0 Å². The monoisotopic (exact) mass is 670 g/mol. The minimum Gasteiger partial charge on any atom is -0.127 e. The summed E-state index contributed by atoms with van der Waals surface area (Å²) in [4.78, 5) is 3.11. The van der Waals surface area contributed by atoms with Crippen LogP contribution in [0.4, 0.5) is 0 Å². The van der Waals surface area contributed by atoms with E-state index in [1.807, 2.05) is 22.7 Å². The summed E-state index contributed by atoms with van der Waals surface area (Å²) in [5.74, 6) is 0. The molecule has 0 fully saturated rings. The number of unbranched alkanes of at least 4 members (excludes halogenated alkanes) is 18. The molecular formula is C33H52Br2S2. The molecular weight excluding hydrogens is 620 g/mol. The van der Waals surface area contributed by atoms with Crippen LogP contribution in [-0.4, -0.2) is 0 Å². The van der Waals surface area contributed by atoms with Gasteiger partial charge >= 0.3 is 0 Å². The molecule has 2 aromatic heterocycles. The highest BCUT2D eigenvalue weighted by Gasteiger charge is 2.45. The largest absolute Gasteiger partial charge is 0.127 e. The predicted molar refractivity (Wildman–Crippen MR) is 177 cm³/mol. The number of halogens is 2. The van der Waals surface area contributed by atoms with Gasteiger partial charge in [-0.15, -0.1) is 22.7 Å². The molecule has 0 atom stereocenters. The number of rotatable bonds is 22. The zero-order valence-electron chi connectivity index (χ0n) is 23.8. The Morgan fingerprint density at radius 3 is 1.11 bits per heavy atom. The lowest BCUT2D eigenvalue weighted by Gasteiger charge is -2.31. The van der Waals surface area contributed by atoms with E-state index in [-0.39, 0.29) is 5.41 Å². The zero-order valence-corrected chi connectivity index (χ0v) is 28.6. The quantitative estimate of drug-likeness (QED) is 0.109. The van der Waals surface area contributed by atoms with Gasteiger partial charge in [-0.25, -0.2) is 0 Å². The van der Waals surface area contributed by atoms with E-state index in [4.69, 9.17) is 0 Å². The fourth-order valence-electron chi connectivity index (χ4n) is 6.41. The van der Waals surface area contributed by atoms with Gasteiger partial charge in [-0.05, 0) is 68.0 Å². The first-order valence-corrected chi connectivity index (χ1v) is 18.9. The minimum atomic E-state index is 0.246. The molecule has 0 spiro atoms. The van der Waals surface area contributed by atoms with Crippen LogP contribution in [0, 0.1) is 0 Å². The van der Waals surface area contributed by atoms with Crippen molar-refractivity contribution in [2.24, 2.45) is 0 Å². The Bertz CT molecular complexity index is 809. The van der Waals surface area contributed by atoms with Crippen LogP contribution in [0.15, 0.2) is 19.7 Å². The van der Waals surface area contributed by atoms with Gasteiger partial charge in [-0.2, -0.15) is 0 Å². The van der Waals surface area contributed by atoms with Gasteiger partial charge in [0.1, 0.15) is 0 Å². The lowest BCUT2D eigenvalue weighted by Crippen LogP contribution is -2.24. The molecule has 1 aliphatic carbocycles. The molecule has 0 unspecified atom stereocenters. The summed E-state index contributed by atoms with van der Waals surface area (Å²) >= 11 is 11.6. The molecule has 0 saturated carbocycles. The van der Waals surface area contributed by atoms with Crippen molar-refractivity contribution >= 4 is 54.5 Å². The normalized spacial score (nSPS) is 13.8. The van der Waals surface area contributed by atoms with E-state index in [1.54, 1.807) is 20.9 Å². The molecule has 0 aliphatic heterocycles. The van der Waals surface area contributed by atoms with Crippen LogP contribution in [0.3, 0.4) is 0 Å². The summed E-state index contributed by atoms with van der Waals surface area (Å²) in [7, 11) is 0. The molecule has 0 saturated heterocycles. The smallest absolute Gasteiger partial charge is 0.0708 e. The highest BCUT2D eigenvalue weighted by molar-refractivity contribution is 9.11. The molecule has 3 rings (SSSR count). The Morgan fingerprint density at radius 1 is 0.486 bits per heavy atom. The maximum absolute atomic E-state index is 3.84. The molecule has 1 aliphatic rings. The second-order valence-electron chi connectivity index (χ2n) is 11.5. The van der Waals surface area contributed by atoms with Crippen LogP contribution < -0.4 is 0 Å². The maximum atomic E-state index is 3.84. The maximum Gasteiger partial charge on any atom is 0.0708 e. The summed E-state index contributed by atoms with van der Waals surface area (Å²) in [6.45, 7) is 4.62. The summed E-state index contributed by atoms with van der Waals surface area (Å²) in [6.07, 6.45) is 31.0. The van der Waals surface area contributed by atoms with E-state index in [1.165, 1.54) is 149 Å². The van der Waals surface area contributed by atoms with Crippen LogP contribution >= 0.6 is 54.5 Å². The standard InChI is InChI=1S/C33H52Br2S2/c1-3-5-7-9-11-13-15-17-19-21-23-33(24-22-20-18-16-14-12-10-8-6-4-2)27-25-29(34)36-31(27)32-28(33)26-30(35)37-32/h25-26H,3-24H2,1-2H3. The number of fused-ring (bicyclic) bond motifs is 3. The summed E-state index contributed by atoms with van der Waals surface area (Å²) in [6, 6.07) is 4.96. The van der Waals surface area contributed by atoms with E-state index in [0.717, 1.165) is 0 Å². The molecule has 2 aromatic rings. The average molecular weight is 673 g/mol. The Labute approximate surface area is 254 Å². The van der Waals surface area contributed by atoms with Gasteiger partial charge in [0.05, 0.1) is 7.57 Å². The predicted octanol–water partition coefficient (Wildman–Crippen LogP) is 14.2. The van der Waals surface area contributed by atoms with Crippen molar-refractivity contribution in [3.05, 3.63) is 30.8 Å². The van der Waals surface area contributed by atoms with Crippen molar-refractivity contribution in [2.45, 2.75) is 161 Å². The third kappa shape index (κ3) is 9.75. The van der Waals surface area contributed by atoms with Gasteiger partial charge < -0.3 is 0 Å². The van der Waals surface area contributed by atoms with E-state index >= 15 is 0 Å². The van der Waals surface area contributed by atoms with Gasteiger partial charge in [-0.1, -0.05) is 142 Å². The summed E-state index contributed by atoms with van der Waals surface area (Å²) < 4.78 is 2.62. The van der Waals surface area contributed by atoms with Gasteiger partial charge in [0, 0.05) is 15.2 Å². The Morgan fingerprint density at radius 2 is 0.784 bits per heavy atom. The Balaban J connectivity index is 1.50. The highest BCUT2D eigenvalue weighted by atomic mass is 79.9. The SMILES string of the molecule is CCCCCCCCCCCCC1(CCCCCCCCCCCC)c2cc(Br)sc2-c2sc(Br)cc21. The fraction of sp³-hybridized carbons (Fsp3) is 0.758. The number of thiophene rings is 2. The molecule has 0 bridgehead atoms. The topological polar surface area (TPSA) is 0 Å². The average Bonchev–Trinajstić information content (AvgIpc) is 3.52. The third-order valence-corrected chi connectivity index (χ3v) is 12.0. The first-order chi connectivity index (χ1) is 18.1. The number of hydrogen-bond acceptors (Lipinski definition) is 2. The van der Waals surface area contributed by atoms with Crippen LogP contribution in [0.25, 0.3) is 9.75 Å². The van der Waals surface area contributed by atoms with Crippen molar-refractivity contribution < 1.29 is 0 Å². The lowest BCUT2D eigenvalue weighted by atomic mass is 9.71. The highest BCUT2D eigenvalue weighted by Crippen LogP contribution is 2.60. The van der Waals surface area contributed by atoms with Gasteiger partial charge in [0.2, 0.25) is 0 Å². The van der Waals surface area contributed by atoms with Crippen molar-refractivity contribution in [3.8, 4) is 9.75 Å². The Kier molecular flexibility index (Phi) is 15.4. The molecule has 2 heterocycles. The van der Waals surface area contributed by atoms with Crippen molar-refractivity contribution in [1.82, 2.24) is 0 Å². The minimum absolute atomic E-state index is 0.246. The molecule has 4 heteroatoms. The lowest BCUT2D eigenvalue weighted by molar-refractivity contribution is 0.397. The van der Waals surface area contributed by atoms with Crippen molar-refractivity contribution in [2.75, 3.05) is 0 Å². The summed E-state index contributed by atoms with van der Waals surface area (Å²) in [5, 5.41) is 0. The molecule has 0 radical (unpaired) electrons. The second-order valence-corrected chi connectivity index (χ2v) is 16.4. The van der Waals surface area contributed by atoms with E-state index < -0.39 is 0 Å². The van der Waals surface area contributed by atoms with E-state index in [0.29, 0.717) is 0 Å². The van der Waals surface area contributed by atoms with Crippen LogP contribution in [0.5, 0.6) is 0 Å². The van der Waals surface area contributed by atoms with Crippen molar-refractivity contribution in [3.63, 3.8) is 0 Å². The van der Waals surface area contributed by atoms with Crippen LogP contribution in [0.2, 0.25) is 0 Å². The summed E-state index contributed by atoms with van der Waals surface area (Å²) in [5.41, 5.74) is 3.53. The van der Waals surface area contributed by atoms with Gasteiger partial charge in [-0.3, -0.25) is 0 Å². The molecule has 37 heavy (non-hydrogen) atoms. The molecule has 0 N–H and O–H groups in total. The van der Waals surface area contributed by atoms with Crippen molar-refractivity contribution in [1.29, 1.82) is 0 Å². The first-order valence-electron chi connectivity index (χ1n) is 15.7. The molecule has 210 valence electrons. The Hall–Kier alpha value is 0.360. The zero-order chi connectivity index (χ0) is 26.3. The third-order valence-electron chi connectivity index (χ3n) is 8.56. The van der Waals surface area contributed by atoms with E-state index in [2.05, 4.69) is 57.8 Å². The number of hydrogen-bond donors (Lipinski definition) is 0. The fourth-order valence-corrected chi connectivity index (χ4v) is 9.96. The molecule has 0 aromatic carbocycles. The first kappa shape index (κ1) is 31.9.